The Balaban J connectivity index is 2.14. The lowest BCUT2D eigenvalue weighted by Crippen LogP contribution is -2.26. The summed E-state index contributed by atoms with van der Waals surface area (Å²) < 4.78 is 6.29. The average Bonchev–Trinajstić information content (AvgIpc) is 2.83. The summed E-state index contributed by atoms with van der Waals surface area (Å²) in [6.45, 7) is 0.582. The fourth-order valence-corrected chi connectivity index (χ4v) is 3.00. The van der Waals surface area contributed by atoms with Gasteiger partial charge in [0.05, 0.1) is 16.5 Å². The molecule has 0 aliphatic heterocycles. The molecule has 0 radical (unpaired) electrons. The number of hydrogen-bond donors (Lipinski definition) is 0. The lowest BCUT2D eigenvalue weighted by Gasteiger charge is -2.18. The largest absolute Gasteiger partial charge is 0.496 e. The van der Waals surface area contributed by atoms with E-state index in [-0.39, 0.29) is 5.91 Å². The third-order valence-electron chi connectivity index (χ3n) is 2.73. The van der Waals surface area contributed by atoms with E-state index in [0.717, 1.165) is 9.35 Å². The number of carbonyl (C=O) groups excluding carboxylic acids is 1. The van der Waals surface area contributed by atoms with E-state index in [0.29, 0.717) is 17.9 Å². The molecule has 0 saturated heterocycles. The minimum absolute atomic E-state index is 0.0419. The van der Waals surface area contributed by atoms with Crippen LogP contribution in [0.2, 0.25) is 0 Å². The van der Waals surface area contributed by atoms with Crippen molar-refractivity contribution in [2.24, 2.45) is 0 Å². The fourth-order valence-electron chi connectivity index (χ4n) is 1.80. The van der Waals surface area contributed by atoms with Gasteiger partial charge in [0, 0.05) is 13.6 Å². The Morgan fingerprint density at radius 1 is 1.42 bits per heavy atom. The number of methoxy groups -OCH3 is 1. The second-order valence-corrected chi connectivity index (χ2v) is 6.41. The Morgan fingerprint density at radius 3 is 2.79 bits per heavy atom. The zero-order chi connectivity index (χ0) is 13.8. The smallest absolute Gasteiger partial charge is 0.257 e. The van der Waals surface area contributed by atoms with Gasteiger partial charge in [0.25, 0.3) is 5.91 Å². The van der Waals surface area contributed by atoms with Gasteiger partial charge >= 0.3 is 0 Å². The molecule has 1 heterocycles. The van der Waals surface area contributed by atoms with Crippen LogP contribution in [0.1, 0.15) is 15.9 Å². The number of halogens is 1. The number of hydrogen-bond acceptors (Lipinski definition) is 3. The third-order valence-corrected chi connectivity index (χ3v) is 4.28. The van der Waals surface area contributed by atoms with Crippen LogP contribution in [0.3, 0.4) is 0 Å². The Bertz CT molecular complexity index is 582. The molecule has 2 rings (SSSR count). The monoisotopic (exact) mass is 339 g/mol. The molecule has 1 aromatic heterocycles. The van der Waals surface area contributed by atoms with Gasteiger partial charge in [-0.05, 0) is 45.1 Å². The molecule has 5 heteroatoms. The van der Waals surface area contributed by atoms with Crippen molar-refractivity contribution in [3.05, 3.63) is 50.6 Å². The van der Waals surface area contributed by atoms with E-state index in [9.17, 15) is 4.79 Å². The molecular formula is C14H14BrNO2S. The van der Waals surface area contributed by atoms with Crippen molar-refractivity contribution in [2.75, 3.05) is 14.2 Å². The van der Waals surface area contributed by atoms with E-state index >= 15 is 0 Å². The summed E-state index contributed by atoms with van der Waals surface area (Å²) in [7, 11) is 3.36. The zero-order valence-electron chi connectivity index (χ0n) is 10.7. The number of nitrogens with zero attached hydrogens (tertiary/aromatic N) is 1. The summed E-state index contributed by atoms with van der Waals surface area (Å²) in [4.78, 5) is 14.1. The number of amides is 1. The Hall–Kier alpha value is -1.33. The van der Waals surface area contributed by atoms with Gasteiger partial charge in [0.15, 0.2) is 0 Å². The third kappa shape index (κ3) is 3.36. The molecule has 0 unspecified atom stereocenters. The summed E-state index contributed by atoms with van der Waals surface area (Å²) in [5.74, 6) is 0.561. The number of rotatable bonds is 4. The Morgan fingerprint density at radius 2 is 2.16 bits per heavy atom. The number of para-hydroxylation sites is 1. The van der Waals surface area contributed by atoms with Crippen molar-refractivity contribution in [2.45, 2.75) is 6.54 Å². The Labute approximate surface area is 124 Å². The van der Waals surface area contributed by atoms with E-state index in [4.69, 9.17) is 4.74 Å². The molecule has 0 spiro atoms. The quantitative estimate of drug-likeness (QED) is 0.847. The first kappa shape index (κ1) is 14.1. The summed E-state index contributed by atoms with van der Waals surface area (Å²) in [5.41, 5.74) is 1.70. The van der Waals surface area contributed by atoms with Crippen LogP contribution in [0, 0.1) is 0 Å². The second kappa shape index (κ2) is 6.21. The molecule has 0 bridgehead atoms. The molecule has 100 valence electrons. The van der Waals surface area contributed by atoms with E-state index in [1.807, 2.05) is 23.6 Å². The average molecular weight is 340 g/mol. The van der Waals surface area contributed by atoms with E-state index in [1.165, 1.54) is 0 Å². The maximum atomic E-state index is 12.4. The van der Waals surface area contributed by atoms with Crippen LogP contribution < -0.4 is 4.74 Å². The van der Waals surface area contributed by atoms with Gasteiger partial charge in [0.2, 0.25) is 0 Å². The predicted octanol–water partition coefficient (Wildman–Crippen LogP) is 3.79. The van der Waals surface area contributed by atoms with Crippen molar-refractivity contribution in [1.29, 1.82) is 0 Å². The highest BCUT2D eigenvalue weighted by Gasteiger charge is 2.16. The van der Waals surface area contributed by atoms with E-state index in [2.05, 4.69) is 15.9 Å². The minimum atomic E-state index is -0.0419. The predicted molar refractivity (Wildman–Crippen MR) is 80.8 cm³/mol. The van der Waals surface area contributed by atoms with Gasteiger partial charge in [-0.25, -0.2) is 0 Å². The van der Waals surface area contributed by atoms with Crippen LogP contribution in [-0.2, 0) is 6.54 Å². The van der Waals surface area contributed by atoms with Crippen LogP contribution in [0.5, 0.6) is 5.75 Å². The molecule has 19 heavy (non-hydrogen) atoms. The molecule has 0 N–H and O–H groups in total. The van der Waals surface area contributed by atoms with Gasteiger partial charge in [-0.2, -0.15) is 0 Å². The standard InChI is InChI=1S/C14H14BrNO2S/c1-16(8-10-7-13(15)19-9-10)14(17)11-5-3-4-6-12(11)18-2/h3-7,9H,8H2,1-2H3. The minimum Gasteiger partial charge on any atom is -0.496 e. The SMILES string of the molecule is COc1ccccc1C(=O)N(C)Cc1csc(Br)c1. The van der Waals surface area contributed by atoms with Crippen LogP contribution in [0.25, 0.3) is 0 Å². The summed E-state index contributed by atoms with van der Waals surface area (Å²) in [5, 5.41) is 2.04. The first-order valence-corrected chi connectivity index (χ1v) is 7.40. The molecule has 0 fully saturated rings. The number of benzene rings is 1. The number of ether oxygens (including phenoxy) is 1. The maximum absolute atomic E-state index is 12.4. The first-order chi connectivity index (χ1) is 9.11. The fraction of sp³-hybridized carbons (Fsp3) is 0.214. The topological polar surface area (TPSA) is 29.5 Å². The number of carbonyl (C=O) groups is 1. The van der Waals surface area contributed by atoms with Gasteiger partial charge in [-0.15, -0.1) is 11.3 Å². The van der Waals surface area contributed by atoms with Crippen molar-refractivity contribution >= 4 is 33.2 Å². The number of thiophene rings is 1. The molecule has 2 aromatic rings. The van der Waals surface area contributed by atoms with E-state index < -0.39 is 0 Å². The molecule has 1 aromatic carbocycles. The van der Waals surface area contributed by atoms with Crippen LogP contribution in [-0.4, -0.2) is 25.0 Å². The summed E-state index contributed by atoms with van der Waals surface area (Å²) >= 11 is 5.04. The lowest BCUT2D eigenvalue weighted by molar-refractivity contribution is 0.0782. The normalized spacial score (nSPS) is 10.3. The van der Waals surface area contributed by atoms with Crippen molar-refractivity contribution in [3.63, 3.8) is 0 Å². The van der Waals surface area contributed by atoms with Gasteiger partial charge in [-0.1, -0.05) is 12.1 Å². The van der Waals surface area contributed by atoms with Gasteiger partial charge in [-0.3, -0.25) is 4.79 Å². The molecular weight excluding hydrogens is 326 g/mol. The van der Waals surface area contributed by atoms with Crippen molar-refractivity contribution < 1.29 is 9.53 Å². The Kier molecular flexibility index (Phi) is 4.61. The van der Waals surface area contributed by atoms with Gasteiger partial charge in [0.1, 0.15) is 5.75 Å². The van der Waals surface area contributed by atoms with Crippen molar-refractivity contribution in [1.82, 2.24) is 4.90 Å². The molecule has 0 saturated carbocycles. The van der Waals surface area contributed by atoms with Gasteiger partial charge < -0.3 is 9.64 Å². The summed E-state index contributed by atoms with van der Waals surface area (Å²) in [6.07, 6.45) is 0. The second-order valence-electron chi connectivity index (χ2n) is 4.12. The lowest BCUT2D eigenvalue weighted by atomic mass is 10.1. The molecule has 0 aliphatic carbocycles. The van der Waals surface area contributed by atoms with E-state index in [1.54, 1.807) is 42.5 Å². The molecule has 1 amide bonds. The van der Waals surface area contributed by atoms with Crippen LogP contribution in [0.4, 0.5) is 0 Å². The highest BCUT2D eigenvalue weighted by Crippen LogP contribution is 2.23. The summed E-state index contributed by atoms with van der Waals surface area (Å²) in [6, 6.07) is 9.29. The molecule has 0 atom stereocenters. The zero-order valence-corrected chi connectivity index (χ0v) is 13.1. The maximum Gasteiger partial charge on any atom is 0.257 e. The molecule has 0 aliphatic rings. The highest BCUT2D eigenvalue weighted by molar-refractivity contribution is 9.11. The first-order valence-electron chi connectivity index (χ1n) is 5.73. The van der Waals surface area contributed by atoms with Crippen LogP contribution >= 0.6 is 27.3 Å². The molecule has 3 nitrogen and oxygen atoms in total. The highest BCUT2D eigenvalue weighted by atomic mass is 79.9. The van der Waals surface area contributed by atoms with Crippen molar-refractivity contribution in [3.8, 4) is 5.75 Å². The van der Waals surface area contributed by atoms with Crippen LogP contribution in [0.15, 0.2) is 39.5 Å².